The number of carbonyl (C=O) groups excluding carboxylic acids is 1. The molecule has 0 saturated carbocycles. The quantitative estimate of drug-likeness (QED) is 0.732. The van der Waals surface area contributed by atoms with E-state index >= 15 is 0 Å². The number of aryl methyl sites for hydroxylation is 1. The van der Waals surface area contributed by atoms with Gasteiger partial charge in [0, 0.05) is 31.4 Å². The van der Waals surface area contributed by atoms with Gasteiger partial charge in [0.15, 0.2) is 5.82 Å². The zero-order chi connectivity index (χ0) is 17.6. The van der Waals surface area contributed by atoms with Gasteiger partial charge in [-0.1, -0.05) is 19.9 Å². The second kappa shape index (κ2) is 5.98. The minimum absolute atomic E-state index is 0.0846. The van der Waals surface area contributed by atoms with Crippen LogP contribution < -0.4 is 0 Å². The van der Waals surface area contributed by atoms with Crippen molar-refractivity contribution in [2.45, 2.75) is 46.2 Å². The Morgan fingerprint density at radius 1 is 1.28 bits per heavy atom. The number of amides is 1. The molecule has 4 rings (SSSR count). The van der Waals surface area contributed by atoms with Crippen molar-refractivity contribution in [1.29, 1.82) is 0 Å². The van der Waals surface area contributed by atoms with Gasteiger partial charge in [0.2, 0.25) is 5.91 Å². The Kier molecular flexibility index (Phi) is 3.78. The maximum absolute atomic E-state index is 12.7. The van der Waals surface area contributed by atoms with Crippen LogP contribution >= 0.6 is 0 Å². The number of hydrogen-bond donors (Lipinski definition) is 0. The lowest BCUT2D eigenvalue weighted by Crippen LogP contribution is -2.39. The van der Waals surface area contributed by atoms with E-state index in [1.165, 1.54) is 0 Å². The normalized spacial score (nSPS) is 14.3. The van der Waals surface area contributed by atoms with Gasteiger partial charge in [0.1, 0.15) is 11.5 Å². The number of aromatic nitrogens is 5. The summed E-state index contributed by atoms with van der Waals surface area (Å²) in [5, 5.41) is 8.54. The van der Waals surface area contributed by atoms with Crippen LogP contribution in [-0.2, 0) is 24.3 Å². The minimum Gasteiger partial charge on any atom is -0.333 e. The number of hydrogen-bond acceptors (Lipinski definition) is 4. The molecular weight excluding hydrogens is 316 g/mol. The van der Waals surface area contributed by atoms with E-state index in [0.29, 0.717) is 25.4 Å². The Hall–Kier alpha value is -2.70. The van der Waals surface area contributed by atoms with E-state index < -0.39 is 0 Å². The molecule has 0 aromatic carbocycles. The maximum Gasteiger partial charge on any atom is 0.229 e. The van der Waals surface area contributed by atoms with Crippen molar-refractivity contribution in [1.82, 2.24) is 29.0 Å². The van der Waals surface area contributed by atoms with E-state index in [1.807, 2.05) is 40.8 Å². The van der Waals surface area contributed by atoms with Gasteiger partial charge in [-0.05, 0) is 18.6 Å². The van der Waals surface area contributed by atoms with Crippen LogP contribution in [0.4, 0.5) is 0 Å². The third kappa shape index (κ3) is 2.79. The minimum atomic E-state index is 0.0846. The molecule has 0 radical (unpaired) electrons. The summed E-state index contributed by atoms with van der Waals surface area (Å²) in [5.74, 6) is 2.29. The van der Waals surface area contributed by atoms with Gasteiger partial charge in [-0.25, -0.2) is 4.98 Å². The molecule has 130 valence electrons. The van der Waals surface area contributed by atoms with E-state index in [0.717, 1.165) is 35.1 Å². The zero-order valence-corrected chi connectivity index (χ0v) is 14.8. The van der Waals surface area contributed by atoms with Gasteiger partial charge in [-0.3, -0.25) is 4.79 Å². The molecule has 3 aromatic rings. The van der Waals surface area contributed by atoms with Crippen molar-refractivity contribution < 1.29 is 4.79 Å². The summed E-state index contributed by atoms with van der Waals surface area (Å²) in [6.07, 6.45) is 4.20. The summed E-state index contributed by atoms with van der Waals surface area (Å²) in [4.78, 5) is 19.2. The first-order chi connectivity index (χ1) is 12.0. The highest BCUT2D eigenvalue weighted by molar-refractivity contribution is 5.78. The fraction of sp³-hybridized carbons (Fsp3) is 0.444. The lowest BCUT2D eigenvalue weighted by Gasteiger charge is -2.28. The van der Waals surface area contributed by atoms with Crippen LogP contribution in [0.25, 0.3) is 5.65 Å². The Bertz CT molecular complexity index is 938. The largest absolute Gasteiger partial charge is 0.333 e. The summed E-state index contributed by atoms with van der Waals surface area (Å²) in [6.45, 7) is 8.21. The Morgan fingerprint density at radius 2 is 2.12 bits per heavy atom. The molecule has 1 amide bonds. The molecule has 1 aliphatic rings. The second-order valence-corrected chi connectivity index (χ2v) is 6.93. The summed E-state index contributed by atoms with van der Waals surface area (Å²) < 4.78 is 4.11. The molecule has 4 heterocycles. The lowest BCUT2D eigenvalue weighted by atomic mass is 10.2. The highest BCUT2D eigenvalue weighted by Gasteiger charge is 2.25. The third-order valence-corrected chi connectivity index (χ3v) is 4.71. The fourth-order valence-electron chi connectivity index (χ4n) is 3.38. The molecule has 0 fully saturated rings. The predicted molar refractivity (Wildman–Crippen MR) is 93.2 cm³/mol. The van der Waals surface area contributed by atoms with Crippen LogP contribution in [0.15, 0.2) is 24.5 Å². The van der Waals surface area contributed by atoms with E-state index in [4.69, 9.17) is 0 Å². The Morgan fingerprint density at radius 3 is 2.88 bits per heavy atom. The smallest absolute Gasteiger partial charge is 0.229 e. The molecule has 1 aliphatic heterocycles. The Balaban J connectivity index is 1.50. The number of rotatable bonds is 3. The first-order valence-electron chi connectivity index (χ1n) is 8.66. The van der Waals surface area contributed by atoms with E-state index in [9.17, 15) is 4.79 Å². The molecule has 0 spiro atoms. The number of imidazole rings is 1. The van der Waals surface area contributed by atoms with Gasteiger partial charge in [0.05, 0.1) is 18.7 Å². The Labute approximate surface area is 146 Å². The average molecular weight is 338 g/mol. The van der Waals surface area contributed by atoms with Gasteiger partial charge in [-0.2, -0.15) is 0 Å². The highest BCUT2D eigenvalue weighted by Crippen LogP contribution is 2.19. The van der Waals surface area contributed by atoms with Gasteiger partial charge >= 0.3 is 0 Å². The fourth-order valence-corrected chi connectivity index (χ4v) is 3.38. The maximum atomic E-state index is 12.7. The van der Waals surface area contributed by atoms with Crippen LogP contribution in [0, 0.1) is 6.92 Å². The molecule has 0 unspecified atom stereocenters. The van der Waals surface area contributed by atoms with Gasteiger partial charge in [-0.15, -0.1) is 10.2 Å². The van der Waals surface area contributed by atoms with Crippen molar-refractivity contribution in [3.8, 4) is 0 Å². The summed E-state index contributed by atoms with van der Waals surface area (Å²) in [6, 6.07) is 4.01. The van der Waals surface area contributed by atoms with Crippen LogP contribution in [0.3, 0.4) is 0 Å². The van der Waals surface area contributed by atoms with Crippen LogP contribution in [0.5, 0.6) is 0 Å². The summed E-state index contributed by atoms with van der Waals surface area (Å²) >= 11 is 0. The molecule has 7 nitrogen and oxygen atoms in total. The second-order valence-electron chi connectivity index (χ2n) is 6.93. The van der Waals surface area contributed by atoms with Crippen molar-refractivity contribution in [2.24, 2.45) is 0 Å². The molecular formula is C18H22N6O. The highest BCUT2D eigenvalue weighted by atomic mass is 16.2. The van der Waals surface area contributed by atoms with Crippen LogP contribution in [-0.4, -0.2) is 41.5 Å². The molecule has 0 saturated heterocycles. The molecule has 25 heavy (non-hydrogen) atoms. The number of carbonyl (C=O) groups is 1. The summed E-state index contributed by atoms with van der Waals surface area (Å²) in [7, 11) is 0. The topological polar surface area (TPSA) is 68.3 Å². The van der Waals surface area contributed by atoms with Crippen molar-refractivity contribution in [2.75, 3.05) is 6.54 Å². The molecule has 7 heteroatoms. The molecule has 0 atom stereocenters. The van der Waals surface area contributed by atoms with Crippen molar-refractivity contribution in [3.63, 3.8) is 0 Å². The molecule has 0 aliphatic carbocycles. The van der Waals surface area contributed by atoms with Gasteiger partial charge < -0.3 is 13.9 Å². The number of fused-ring (bicyclic) bond motifs is 2. The zero-order valence-electron chi connectivity index (χ0n) is 14.8. The van der Waals surface area contributed by atoms with E-state index in [1.54, 1.807) is 0 Å². The van der Waals surface area contributed by atoms with E-state index in [-0.39, 0.29) is 5.91 Å². The SMILES string of the molecule is Cc1cccn2cc(CC(=O)N3CCn4c(nnc4C(C)C)C3)nc12. The monoisotopic (exact) mass is 338 g/mol. The van der Waals surface area contributed by atoms with Crippen LogP contribution in [0.2, 0.25) is 0 Å². The molecule has 0 bridgehead atoms. The van der Waals surface area contributed by atoms with Crippen molar-refractivity contribution in [3.05, 3.63) is 47.4 Å². The van der Waals surface area contributed by atoms with Gasteiger partial charge in [0.25, 0.3) is 0 Å². The molecule has 3 aromatic heterocycles. The summed E-state index contributed by atoms with van der Waals surface area (Å²) in [5.41, 5.74) is 2.81. The predicted octanol–water partition coefficient (Wildman–Crippen LogP) is 1.94. The third-order valence-electron chi connectivity index (χ3n) is 4.71. The van der Waals surface area contributed by atoms with Crippen LogP contribution in [0.1, 0.15) is 42.7 Å². The first-order valence-corrected chi connectivity index (χ1v) is 8.66. The lowest BCUT2D eigenvalue weighted by molar-refractivity contribution is -0.132. The molecule has 0 N–H and O–H groups in total. The van der Waals surface area contributed by atoms with E-state index in [2.05, 4.69) is 33.6 Å². The number of nitrogens with zero attached hydrogens (tertiary/aromatic N) is 6. The van der Waals surface area contributed by atoms with Crippen molar-refractivity contribution >= 4 is 11.6 Å². The average Bonchev–Trinajstić information content (AvgIpc) is 3.18. The number of pyridine rings is 1. The first kappa shape index (κ1) is 15.8. The standard InChI is InChI=1S/C18H22N6O/c1-12(2)17-21-20-15-11-22(7-8-24(15)17)16(25)9-14-10-23-6-4-5-13(3)18(23)19-14/h4-6,10,12H,7-9,11H2,1-3H3.